The van der Waals surface area contributed by atoms with Crippen molar-refractivity contribution in [2.75, 3.05) is 13.2 Å². The van der Waals surface area contributed by atoms with Crippen molar-refractivity contribution in [1.82, 2.24) is 4.90 Å². The Kier molecular flexibility index (Phi) is 15.4. The topological polar surface area (TPSA) is 92.8 Å². The van der Waals surface area contributed by atoms with Gasteiger partial charge >= 0.3 is 6.09 Å². The zero-order valence-corrected chi connectivity index (χ0v) is 34.0. The molecular formula is C47H53NO8Si. The van der Waals surface area contributed by atoms with Gasteiger partial charge in [-0.2, -0.15) is 0 Å². The number of hydrogen-bond donors (Lipinski definition) is 0. The molecule has 10 heteroatoms. The fourth-order valence-electron chi connectivity index (χ4n) is 6.51. The maximum atomic E-state index is 14.6. The van der Waals surface area contributed by atoms with Gasteiger partial charge in [0.25, 0.3) is 5.91 Å². The Morgan fingerprint density at radius 3 is 1.46 bits per heavy atom. The van der Waals surface area contributed by atoms with Crippen molar-refractivity contribution in [3.8, 4) is 0 Å². The first-order valence-corrected chi connectivity index (χ1v) is 23.2. The lowest BCUT2D eigenvalue weighted by atomic mass is 9.96. The van der Waals surface area contributed by atoms with Crippen molar-refractivity contribution >= 4 is 20.1 Å². The SMILES string of the molecule is C[Si](C)(C)CCOC(=O)N(C(=O)c1ccccc1)[C@H]1O[C@H](COCc2ccccc2)[C@@H](OCc2ccccc2)[C@H](OCc2ccccc2)[C@H]1OCc1ccccc1. The van der Waals surface area contributed by atoms with Gasteiger partial charge in [0, 0.05) is 13.6 Å². The molecule has 0 saturated carbocycles. The number of ether oxygens (including phenoxy) is 6. The van der Waals surface area contributed by atoms with Crippen LogP contribution in [-0.4, -0.2) is 68.8 Å². The second kappa shape index (κ2) is 21.0. The summed E-state index contributed by atoms with van der Waals surface area (Å²) in [6.07, 6.45) is -5.53. The minimum Gasteiger partial charge on any atom is -0.449 e. The van der Waals surface area contributed by atoms with E-state index in [9.17, 15) is 9.59 Å². The molecule has 298 valence electrons. The van der Waals surface area contributed by atoms with Crippen LogP contribution in [0.1, 0.15) is 32.6 Å². The van der Waals surface area contributed by atoms with Crippen LogP contribution in [0, 0.1) is 0 Å². The number of nitrogens with zero attached hydrogens (tertiary/aromatic N) is 1. The molecule has 1 aliphatic rings. The number of benzene rings is 5. The molecule has 0 spiro atoms. The fraction of sp³-hybridized carbons (Fsp3) is 0.319. The van der Waals surface area contributed by atoms with E-state index in [1.54, 1.807) is 24.3 Å². The molecule has 0 aromatic heterocycles. The average Bonchev–Trinajstić information content (AvgIpc) is 3.23. The predicted octanol–water partition coefficient (Wildman–Crippen LogP) is 9.30. The van der Waals surface area contributed by atoms with Gasteiger partial charge < -0.3 is 28.4 Å². The summed E-state index contributed by atoms with van der Waals surface area (Å²) in [6, 6.07) is 48.7. The van der Waals surface area contributed by atoms with E-state index >= 15 is 0 Å². The van der Waals surface area contributed by atoms with Crippen molar-refractivity contribution in [3.05, 3.63) is 179 Å². The molecule has 1 saturated heterocycles. The Morgan fingerprint density at radius 1 is 0.561 bits per heavy atom. The molecule has 57 heavy (non-hydrogen) atoms. The maximum absolute atomic E-state index is 14.6. The van der Waals surface area contributed by atoms with E-state index in [1.165, 1.54) is 0 Å². The molecule has 1 aliphatic heterocycles. The second-order valence-electron chi connectivity index (χ2n) is 15.3. The second-order valence-corrected chi connectivity index (χ2v) is 20.9. The van der Waals surface area contributed by atoms with E-state index in [4.69, 9.17) is 28.4 Å². The Morgan fingerprint density at radius 2 is 0.982 bits per heavy atom. The van der Waals surface area contributed by atoms with E-state index in [1.807, 2.05) is 127 Å². The summed E-state index contributed by atoms with van der Waals surface area (Å²) >= 11 is 0. The zero-order valence-electron chi connectivity index (χ0n) is 33.0. The van der Waals surface area contributed by atoms with Crippen LogP contribution >= 0.6 is 0 Å². The summed E-state index contributed by atoms with van der Waals surface area (Å²) in [7, 11) is -1.60. The summed E-state index contributed by atoms with van der Waals surface area (Å²) in [5.41, 5.74) is 4.07. The highest BCUT2D eigenvalue weighted by molar-refractivity contribution is 6.76. The van der Waals surface area contributed by atoms with Crippen LogP contribution in [0.15, 0.2) is 152 Å². The molecule has 0 N–H and O–H groups in total. The van der Waals surface area contributed by atoms with Gasteiger partial charge in [-0.25, -0.2) is 9.69 Å². The van der Waals surface area contributed by atoms with Gasteiger partial charge in [0.15, 0.2) is 6.23 Å². The molecule has 2 amide bonds. The molecule has 5 aromatic rings. The molecule has 5 atom stereocenters. The van der Waals surface area contributed by atoms with Crippen LogP contribution in [0.25, 0.3) is 0 Å². The fourth-order valence-corrected chi connectivity index (χ4v) is 7.22. The van der Waals surface area contributed by atoms with Crippen LogP contribution in [-0.2, 0) is 54.8 Å². The van der Waals surface area contributed by atoms with Gasteiger partial charge in [-0.3, -0.25) is 4.79 Å². The first kappa shape index (κ1) is 41.7. The van der Waals surface area contributed by atoms with Crippen LogP contribution in [0.5, 0.6) is 0 Å². The predicted molar refractivity (Wildman–Crippen MR) is 222 cm³/mol. The number of amides is 2. The molecule has 0 unspecified atom stereocenters. The summed E-state index contributed by atoms with van der Waals surface area (Å²) < 4.78 is 39.6. The van der Waals surface area contributed by atoms with Gasteiger partial charge in [-0.05, 0) is 40.4 Å². The van der Waals surface area contributed by atoms with E-state index in [2.05, 4.69) is 19.6 Å². The number of imide groups is 1. The molecule has 1 fully saturated rings. The first-order valence-electron chi connectivity index (χ1n) is 19.5. The van der Waals surface area contributed by atoms with Crippen LogP contribution < -0.4 is 0 Å². The minimum atomic E-state index is -1.60. The summed E-state index contributed by atoms with van der Waals surface area (Å²) in [4.78, 5) is 30.1. The lowest BCUT2D eigenvalue weighted by Crippen LogP contribution is -2.67. The molecular weight excluding hydrogens is 735 g/mol. The van der Waals surface area contributed by atoms with Gasteiger partial charge in [-0.1, -0.05) is 159 Å². The largest absolute Gasteiger partial charge is 0.449 e. The Labute approximate surface area is 337 Å². The van der Waals surface area contributed by atoms with Crippen molar-refractivity contribution in [2.24, 2.45) is 0 Å². The molecule has 9 nitrogen and oxygen atoms in total. The Balaban J connectivity index is 1.42. The number of rotatable bonds is 18. The van der Waals surface area contributed by atoms with Gasteiger partial charge in [0.05, 0.1) is 39.6 Å². The highest BCUT2D eigenvalue weighted by atomic mass is 28.3. The molecule has 1 heterocycles. The third kappa shape index (κ3) is 12.5. The van der Waals surface area contributed by atoms with Crippen molar-refractivity contribution in [3.63, 3.8) is 0 Å². The highest BCUT2D eigenvalue weighted by Crippen LogP contribution is 2.34. The van der Waals surface area contributed by atoms with Gasteiger partial charge in [-0.15, -0.1) is 0 Å². The lowest BCUT2D eigenvalue weighted by molar-refractivity contribution is -0.290. The Bertz CT molecular complexity index is 1930. The third-order valence-electron chi connectivity index (χ3n) is 9.63. The molecule has 0 radical (unpaired) electrons. The van der Waals surface area contributed by atoms with Gasteiger partial charge in [0.2, 0.25) is 0 Å². The quantitative estimate of drug-likeness (QED) is 0.0812. The molecule has 0 aliphatic carbocycles. The highest BCUT2D eigenvalue weighted by Gasteiger charge is 2.53. The molecule has 0 bridgehead atoms. The molecule has 6 rings (SSSR count). The third-order valence-corrected chi connectivity index (χ3v) is 11.3. The average molecular weight is 788 g/mol. The zero-order chi connectivity index (χ0) is 39.9. The summed E-state index contributed by atoms with van der Waals surface area (Å²) in [6.45, 7) is 7.76. The number of carbonyl (C=O) groups excluding carboxylic acids is 2. The molecule has 5 aromatic carbocycles. The van der Waals surface area contributed by atoms with Crippen molar-refractivity contribution in [1.29, 1.82) is 0 Å². The minimum absolute atomic E-state index is 0.0689. The normalized spacial score (nSPS) is 19.5. The van der Waals surface area contributed by atoms with Crippen molar-refractivity contribution < 1.29 is 38.0 Å². The van der Waals surface area contributed by atoms with E-state index < -0.39 is 50.7 Å². The lowest BCUT2D eigenvalue weighted by Gasteiger charge is -2.48. The van der Waals surface area contributed by atoms with Crippen molar-refractivity contribution in [2.45, 2.75) is 82.8 Å². The van der Waals surface area contributed by atoms with E-state index in [0.717, 1.165) is 33.2 Å². The maximum Gasteiger partial charge on any atom is 0.419 e. The smallest absolute Gasteiger partial charge is 0.419 e. The van der Waals surface area contributed by atoms with E-state index in [0.29, 0.717) is 12.2 Å². The van der Waals surface area contributed by atoms with E-state index in [-0.39, 0.29) is 33.0 Å². The number of hydrogen-bond acceptors (Lipinski definition) is 8. The summed E-state index contributed by atoms with van der Waals surface area (Å²) in [5, 5.41) is 0. The van der Waals surface area contributed by atoms with Gasteiger partial charge in [0.1, 0.15) is 24.4 Å². The monoisotopic (exact) mass is 787 g/mol. The number of carbonyl (C=O) groups is 2. The summed E-state index contributed by atoms with van der Waals surface area (Å²) in [5.74, 6) is -0.582. The Hall–Kier alpha value is -4.94. The van der Waals surface area contributed by atoms with Crippen LogP contribution in [0.4, 0.5) is 4.79 Å². The standard InChI is InChI=1S/C47H53NO8Si/c1-57(2,3)30-29-52-47(50)48(45(49)40-27-17-8-18-28-40)46-44(55-34-39-25-15-7-16-26-39)43(54-33-38-23-13-6-14-24-38)42(53-32-37-21-11-5-12-22-37)41(56-46)35-51-31-36-19-9-4-10-20-36/h4-28,41-44,46H,29-35H2,1-3H3/t41-,42-,43+,44-,46+/m1/s1. The first-order chi connectivity index (χ1) is 27.7. The van der Waals surface area contributed by atoms with Crippen LogP contribution in [0.3, 0.4) is 0 Å². The van der Waals surface area contributed by atoms with Crippen LogP contribution in [0.2, 0.25) is 25.7 Å².